The maximum atomic E-state index is 12.9. The van der Waals surface area contributed by atoms with Gasteiger partial charge in [0.2, 0.25) is 11.8 Å². The van der Waals surface area contributed by atoms with Gasteiger partial charge in [0.25, 0.3) is 0 Å². The first kappa shape index (κ1) is 19.6. The van der Waals surface area contributed by atoms with Gasteiger partial charge in [0, 0.05) is 52.4 Å². The molecule has 148 valence electrons. The first-order valence-corrected chi connectivity index (χ1v) is 10.5. The second kappa shape index (κ2) is 8.70. The number of amides is 2. The summed E-state index contributed by atoms with van der Waals surface area (Å²) in [5, 5.41) is 0. The number of piperazine rings is 1. The molecule has 26 heavy (non-hydrogen) atoms. The molecule has 6 nitrogen and oxygen atoms in total. The molecular weight excluding hydrogens is 328 g/mol. The molecule has 3 rings (SSSR count). The highest BCUT2D eigenvalue weighted by Crippen LogP contribution is 2.22. The molecule has 3 fully saturated rings. The molecule has 0 radical (unpaired) electrons. The van der Waals surface area contributed by atoms with Crippen LogP contribution < -0.4 is 0 Å². The molecule has 6 heteroatoms. The van der Waals surface area contributed by atoms with E-state index in [4.69, 9.17) is 0 Å². The van der Waals surface area contributed by atoms with Crippen LogP contribution in [0.2, 0.25) is 0 Å². The average Bonchev–Trinajstić information content (AvgIpc) is 3.15. The van der Waals surface area contributed by atoms with Crippen molar-refractivity contribution in [1.82, 2.24) is 19.6 Å². The third kappa shape index (κ3) is 4.77. The van der Waals surface area contributed by atoms with Crippen molar-refractivity contribution in [3.63, 3.8) is 0 Å². The van der Waals surface area contributed by atoms with Crippen molar-refractivity contribution in [2.45, 2.75) is 46.1 Å². The van der Waals surface area contributed by atoms with Crippen molar-refractivity contribution < 1.29 is 9.59 Å². The highest BCUT2D eigenvalue weighted by atomic mass is 16.2. The second-order valence-corrected chi connectivity index (χ2v) is 8.77. The van der Waals surface area contributed by atoms with Crippen molar-refractivity contribution >= 4 is 11.8 Å². The van der Waals surface area contributed by atoms with Crippen LogP contribution in [0.3, 0.4) is 0 Å². The zero-order valence-electron chi connectivity index (χ0n) is 16.8. The van der Waals surface area contributed by atoms with E-state index in [1.54, 1.807) is 0 Å². The number of carbonyl (C=O) groups is 2. The quantitative estimate of drug-likeness (QED) is 0.750. The molecule has 0 aromatic heterocycles. The van der Waals surface area contributed by atoms with Crippen LogP contribution >= 0.6 is 0 Å². The van der Waals surface area contributed by atoms with Crippen LogP contribution in [0.15, 0.2) is 0 Å². The van der Waals surface area contributed by atoms with E-state index in [9.17, 15) is 9.59 Å². The van der Waals surface area contributed by atoms with E-state index in [-0.39, 0.29) is 17.9 Å². The minimum absolute atomic E-state index is 0.0519. The predicted octanol–water partition coefficient (Wildman–Crippen LogP) is 1.12. The van der Waals surface area contributed by atoms with E-state index >= 15 is 0 Å². The smallest absolute Gasteiger partial charge is 0.239 e. The molecule has 3 saturated heterocycles. The number of nitrogens with zero attached hydrogens (tertiary/aromatic N) is 4. The molecule has 0 saturated carbocycles. The Kier molecular flexibility index (Phi) is 6.56. The normalized spacial score (nSPS) is 29.8. The fourth-order valence-electron chi connectivity index (χ4n) is 4.83. The molecule has 3 atom stereocenters. The minimum Gasteiger partial charge on any atom is -0.342 e. The van der Waals surface area contributed by atoms with Crippen LogP contribution in [0.5, 0.6) is 0 Å². The molecule has 0 aromatic rings. The molecule has 0 aromatic carbocycles. The third-order valence-corrected chi connectivity index (χ3v) is 6.31. The SMILES string of the molecule is CC1CC(C)CN(C(=O)C(C)N2CCN(CC(=O)N3CCCC3)CC2)C1. The number of rotatable bonds is 4. The lowest BCUT2D eigenvalue weighted by Gasteiger charge is -2.41. The summed E-state index contributed by atoms with van der Waals surface area (Å²) in [7, 11) is 0. The summed E-state index contributed by atoms with van der Waals surface area (Å²) >= 11 is 0. The van der Waals surface area contributed by atoms with Gasteiger partial charge in [-0.05, 0) is 38.0 Å². The summed E-state index contributed by atoms with van der Waals surface area (Å²) in [4.78, 5) is 33.9. The summed E-state index contributed by atoms with van der Waals surface area (Å²) in [6, 6.07) is -0.0519. The molecule has 0 bridgehead atoms. The van der Waals surface area contributed by atoms with Crippen molar-refractivity contribution in [2.24, 2.45) is 11.8 Å². The summed E-state index contributed by atoms with van der Waals surface area (Å²) in [5.41, 5.74) is 0. The lowest BCUT2D eigenvalue weighted by atomic mass is 9.91. The van der Waals surface area contributed by atoms with E-state index in [0.29, 0.717) is 18.4 Å². The Balaban J connectivity index is 1.44. The highest BCUT2D eigenvalue weighted by Gasteiger charge is 2.32. The van der Waals surface area contributed by atoms with Gasteiger partial charge in [-0.2, -0.15) is 0 Å². The fraction of sp³-hybridized carbons (Fsp3) is 0.900. The van der Waals surface area contributed by atoms with E-state index in [0.717, 1.165) is 65.2 Å². The van der Waals surface area contributed by atoms with Crippen LogP contribution in [0.1, 0.15) is 40.0 Å². The first-order valence-electron chi connectivity index (χ1n) is 10.5. The number of carbonyl (C=O) groups excluding carboxylic acids is 2. The van der Waals surface area contributed by atoms with Gasteiger partial charge in [-0.1, -0.05) is 13.8 Å². The molecule has 3 heterocycles. The number of likely N-dealkylation sites (tertiary alicyclic amines) is 2. The monoisotopic (exact) mass is 364 g/mol. The van der Waals surface area contributed by atoms with E-state index < -0.39 is 0 Å². The lowest BCUT2D eigenvalue weighted by molar-refractivity contribution is -0.140. The number of piperidine rings is 1. The van der Waals surface area contributed by atoms with Crippen LogP contribution in [-0.2, 0) is 9.59 Å². The summed E-state index contributed by atoms with van der Waals surface area (Å²) in [5.74, 6) is 1.76. The van der Waals surface area contributed by atoms with Crippen LogP contribution in [0, 0.1) is 11.8 Å². The Bertz CT molecular complexity index is 488. The van der Waals surface area contributed by atoms with Crippen LogP contribution in [0.25, 0.3) is 0 Å². The Morgan fingerprint density at radius 2 is 1.46 bits per heavy atom. The summed E-state index contributed by atoms with van der Waals surface area (Å²) < 4.78 is 0. The lowest BCUT2D eigenvalue weighted by Crippen LogP contribution is -2.57. The average molecular weight is 365 g/mol. The van der Waals surface area contributed by atoms with Gasteiger partial charge in [0.1, 0.15) is 0 Å². The van der Waals surface area contributed by atoms with E-state index in [1.165, 1.54) is 6.42 Å². The highest BCUT2D eigenvalue weighted by molar-refractivity contribution is 5.81. The zero-order chi connectivity index (χ0) is 18.7. The summed E-state index contributed by atoms with van der Waals surface area (Å²) in [6.45, 7) is 14.2. The molecule has 0 aliphatic carbocycles. The molecule has 3 aliphatic heterocycles. The molecule has 0 N–H and O–H groups in total. The van der Waals surface area contributed by atoms with Gasteiger partial charge in [0.05, 0.1) is 12.6 Å². The largest absolute Gasteiger partial charge is 0.342 e. The topological polar surface area (TPSA) is 47.1 Å². The van der Waals surface area contributed by atoms with E-state index in [1.807, 2.05) is 4.90 Å². The first-order chi connectivity index (χ1) is 12.4. The predicted molar refractivity (Wildman–Crippen MR) is 103 cm³/mol. The maximum absolute atomic E-state index is 12.9. The summed E-state index contributed by atoms with van der Waals surface area (Å²) in [6.07, 6.45) is 3.52. The van der Waals surface area contributed by atoms with Gasteiger partial charge < -0.3 is 9.80 Å². The Morgan fingerprint density at radius 3 is 2.04 bits per heavy atom. The molecule has 3 unspecified atom stereocenters. The standard InChI is InChI=1S/C20H36N4O2/c1-16-12-17(2)14-24(13-16)20(26)18(3)22-10-8-21(9-11-22)15-19(25)23-6-4-5-7-23/h16-18H,4-15H2,1-3H3. The Morgan fingerprint density at radius 1 is 0.885 bits per heavy atom. The number of hydrogen-bond acceptors (Lipinski definition) is 4. The zero-order valence-corrected chi connectivity index (χ0v) is 16.8. The second-order valence-electron chi connectivity index (χ2n) is 8.77. The van der Waals surface area contributed by atoms with Gasteiger partial charge >= 0.3 is 0 Å². The van der Waals surface area contributed by atoms with Crippen molar-refractivity contribution in [3.8, 4) is 0 Å². The molecule has 2 amide bonds. The molecular formula is C20H36N4O2. The Labute approximate surface area is 158 Å². The third-order valence-electron chi connectivity index (χ3n) is 6.31. The number of hydrogen-bond donors (Lipinski definition) is 0. The minimum atomic E-state index is -0.0519. The van der Waals surface area contributed by atoms with Crippen molar-refractivity contribution in [2.75, 3.05) is 58.9 Å². The van der Waals surface area contributed by atoms with Crippen molar-refractivity contribution in [3.05, 3.63) is 0 Å². The molecule has 3 aliphatic rings. The van der Waals surface area contributed by atoms with Crippen LogP contribution in [-0.4, -0.2) is 96.4 Å². The van der Waals surface area contributed by atoms with Crippen molar-refractivity contribution in [1.29, 1.82) is 0 Å². The van der Waals surface area contributed by atoms with E-state index in [2.05, 4.69) is 35.5 Å². The van der Waals surface area contributed by atoms with Gasteiger partial charge in [0.15, 0.2) is 0 Å². The molecule has 0 spiro atoms. The van der Waals surface area contributed by atoms with Crippen LogP contribution in [0.4, 0.5) is 0 Å². The maximum Gasteiger partial charge on any atom is 0.239 e. The van der Waals surface area contributed by atoms with Gasteiger partial charge in [-0.3, -0.25) is 19.4 Å². The fourth-order valence-corrected chi connectivity index (χ4v) is 4.83. The van der Waals surface area contributed by atoms with Gasteiger partial charge in [-0.15, -0.1) is 0 Å². The van der Waals surface area contributed by atoms with Gasteiger partial charge in [-0.25, -0.2) is 0 Å². The Hall–Kier alpha value is -1.14.